The molecule has 0 bridgehead atoms. The van der Waals surface area contributed by atoms with Crippen molar-refractivity contribution in [3.63, 3.8) is 0 Å². The minimum Gasteiger partial charge on any atom is -0.399 e. The number of hydrogen-bond donors (Lipinski definition) is 4. The molecule has 12 heteroatoms. The van der Waals surface area contributed by atoms with Crippen LogP contribution in [-0.4, -0.2) is 43.9 Å². The average molecular weight is 577 g/mol. The summed E-state index contributed by atoms with van der Waals surface area (Å²) in [6, 6.07) is 18.5. The van der Waals surface area contributed by atoms with Crippen molar-refractivity contribution in [2.45, 2.75) is 26.4 Å². The van der Waals surface area contributed by atoms with Crippen molar-refractivity contribution in [2.75, 3.05) is 28.6 Å². The number of nitrogen functional groups attached to an aromatic ring is 1. The molecule has 0 saturated heterocycles. The van der Waals surface area contributed by atoms with Gasteiger partial charge in [-0.3, -0.25) is 19.1 Å². The summed E-state index contributed by atoms with van der Waals surface area (Å²) in [5.74, 6) is -0.527. The van der Waals surface area contributed by atoms with Crippen LogP contribution in [0.4, 0.5) is 22.7 Å². The van der Waals surface area contributed by atoms with Gasteiger partial charge in [0.1, 0.15) is 12.4 Å². The molecule has 6 N–H and O–H groups in total. The van der Waals surface area contributed by atoms with Crippen molar-refractivity contribution in [2.24, 2.45) is 10.7 Å². The van der Waals surface area contributed by atoms with Crippen LogP contribution in [0.1, 0.15) is 41.3 Å². The molecule has 0 fully saturated rings. The number of nitrogens with two attached hydrogens (primary N) is 2. The first-order chi connectivity index (χ1) is 19.5. The monoisotopic (exact) mass is 576 g/mol. The van der Waals surface area contributed by atoms with Crippen molar-refractivity contribution in [3.8, 4) is 0 Å². The summed E-state index contributed by atoms with van der Waals surface area (Å²) < 4.78 is 25.4. The van der Waals surface area contributed by atoms with Crippen molar-refractivity contribution < 1.29 is 22.8 Å². The van der Waals surface area contributed by atoms with Crippen LogP contribution in [-0.2, 0) is 26.3 Å². The summed E-state index contributed by atoms with van der Waals surface area (Å²) in [7, 11) is -3.46. The first-order valence-electron chi connectivity index (χ1n) is 12.9. The summed E-state index contributed by atoms with van der Waals surface area (Å²) >= 11 is 0. The first-order valence-corrected chi connectivity index (χ1v) is 14.8. The van der Waals surface area contributed by atoms with E-state index in [2.05, 4.69) is 15.0 Å². The molecule has 4 rings (SSSR count). The molecule has 41 heavy (non-hydrogen) atoms. The largest absolute Gasteiger partial charge is 0.399 e. The molecule has 1 aliphatic rings. The highest BCUT2D eigenvalue weighted by molar-refractivity contribution is 7.92. The van der Waals surface area contributed by atoms with Crippen LogP contribution >= 0.6 is 0 Å². The van der Waals surface area contributed by atoms with Crippen molar-refractivity contribution in [1.29, 1.82) is 0 Å². The van der Waals surface area contributed by atoms with Crippen LogP contribution in [0, 0.1) is 0 Å². The molecule has 0 saturated carbocycles. The highest BCUT2D eigenvalue weighted by atomic mass is 32.2. The summed E-state index contributed by atoms with van der Waals surface area (Å²) in [5.41, 5.74) is 15.9. The van der Waals surface area contributed by atoms with Crippen molar-refractivity contribution in [1.82, 2.24) is 5.06 Å². The van der Waals surface area contributed by atoms with E-state index < -0.39 is 15.9 Å². The SMILES string of the molecule is CCCN(OCc1ccc(N)cc1)C(=O)C1=Cc2ccc(C(=O)Nc3cccc(NS(C)(=O)=O)c3)cc2N=C(N)C1. The third kappa shape index (κ3) is 8.16. The summed E-state index contributed by atoms with van der Waals surface area (Å²) in [4.78, 5) is 36.7. The van der Waals surface area contributed by atoms with E-state index in [0.717, 1.165) is 11.8 Å². The van der Waals surface area contributed by atoms with E-state index >= 15 is 0 Å². The second-order valence-corrected chi connectivity index (χ2v) is 11.3. The topological polar surface area (TPSA) is 169 Å². The summed E-state index contributed by atoms with van der Waals surface area (Å²) in [5, 5.41) is 4.08. The third-order valence-corrected chi connectivity index (χ3v) is 6.58. The van der Waals surface area contributed by atoms with E-state index in [-0.39, 0.29) is 24.8 Å². The van der Waals surface area contributed by atoms with E-state index in [1.807, 2.05) is 19.1 Å². The molecule has 3 aromatic carbocycles. The molecule has 1 aliphatic heterocycles. The molecule has 2 amide bonds. The number of amidine groups is 1. The number of aliphatic imine (C=N–C) groups is 1. The molecule has 0 atom stereocenters. The Labute approximate surface area is 238 Å². The van der Waals surface area contributed by atoms with Crippen LogP contribution in [0.25, 0.3) is 6.08 Å². The van der Waals surface area contributed by atoms with Crippen LogP contribution in [0.15, 0.2) is 77.3 Å². The number of hydrogen-bond acceptors (Lipinski definition) is 8. The minimum absolute atomic E-state index is 0.112. The number of anilines is 3. The number of fused-ring (bicyclic) bond motifs is 1. The quantitative estimate of drug-likeness (QED) is 0.208. The smallest absolute Gasteiger partial charge is 0.273 e. The van der Waals surface area contributed by atoms with E-state index in [1.54, 1.807) is 54.6 Å². The van der Waals surface area contributed by atoms with Crippen LogP contribution in [0.3, 0.4) is 0 Å². The highest BCUT2D eigenvalue weighted by Crippen LogP contribution is 2.29. The number of amides is 2. The van der Waals surface area contributed by atoms with Gasteiger partial charge in [0.2, 0.25) is 10.0 Å². The molecule has 11 nitrogen and oxygen atoms in total. The number of rotatable bonds is 10. The molecule has 3 aromatic rings. The number of nitrogens with zero attached hydrogens (tertiary/aromatic N) is 2. The molecule has 0 radical (unpaired) electrons. The zero-order valence-corrected chi connectivity index (χ0v) is 23.6. The Kier molecular flexibility index (Phi) is 9.05. The maximum absolute atomic E-state index is 13.5. The molecule has 214 valence electrons. The number of benzene rings is 3. The number of sulfonamides is 1. The van der Waals surface area contributed by atoms with Crippen LogP contribution in [0.5, 0.6) is 0 Å². The second-order valence-electron chi connectivity index (χ2n) is 9.55. The van der Waals surface area contributed by atoms with Gasteiger partial charge in [0, 0.05) is 41.0 Å². The van der Waals surface area contributed by atoms with Gasteiger partial charge in [0.15, 0.2) is 0 Å². The Hall–Kier alpha value is -4.68. The predicted molar refractivity (Wildman–Crippen MR) is 161 cm³/mol. The van der Waals surface area contributed by atoms with Gasteiger partial charge in [-0.1, -0.05) is 31.2 Å². The van der Waals surface area contributed by atoms with Gasteiger partial charge in [-0.25, -0.2) is 18.5 Å². The lowest BCUT2D eigenvalue weighted by atomic mass is 10.0. The van der Waals surface area contributed by atoms with Crippen molar-refractivity contribution >= 4 is 56.5 Å². The zero-order chi connectivity index (χ0) is 29.6. The Morgan fingerprint density at radius 3 is 2.46 bits per heavy atom. The zero-order valence-electron chi connectivity index (χ0n) is 22.8. The Balaban J connectivity index is 1.52. The number of nitrogens with one attached hydrogen (secondary N) is 2. The Morgan fingerprint density at radius 1 is 1.02 bits per heavy atom. The average Bonchev–Trinajstić information content (AvgIpc) is 3.08. The first kappa shape index (κ1) is 29.3. The van der Waals surface area contributed by atoms with E-state index in [1.165, 1.54) is 11.1 Å². The molecule has 0 aliphatic carbocycles. The lowest BCUT2D eigenvalue weighted by Gasteiger charge is -2.22. The second kappa shape index (κ2) is 12.7. The molecule has 0 spiro atoms. The van der Waals surface area contributed by atoms with Crippen LogP contribution < -0.4 is 21.5 Å². The molecule has 0 aromatic heterocycles. The minimum atomic E-state index is -3.46. The Morgan fingerprint density at radius 2 is 1.76 bits per heavy atom. The standard InChI is InChI=1S/C29H32N6O5S/c1-3-13-35(40-18-19-7-11-23(30)12-8-19)29(37)22-14-20-9-10-21(15-26(20)33-27(31)16-22)28(36)32-24-5-4-6-25(17-24)34-41(2,38)39/h4-12,14-15,17,34H,3,13,16,18,30H2,1-2H3,(H2,31,33)(H,32,36). The maximum atomic E-state index is 13.5. The van der Waals surface area contributed by atoms with Gasteiger partial charge in [0.05, 0.1) is 17.6 Å². The molecular weight excluding hydrogens is 544 g/mol. The van der Waals surface area contributed by atoms with Gasteiger partial charge in [0.25, 0.3) is 11.8 Å². The fourth-order valence-electron chi connectivity index (χ4n) is 4.10. The predicted octanol–water partition coefficient (Wildman–Crippen LogP) is 4.04. The fraction of sp³-hybridized carbons (Fsp3) is 0.207. The summed E-state index contributed by atoms with van der Waals surface area (Å²) in [6.45, 7) is 2.53. The van der Waals surface area contributed by atoms with Crippen molar-refractivity contribution in [3.05, 3.63) is 89.0 Å². The molecule has 0 unspecified atom stereocenters. The van der Waals surface area contributed by atoms with Crippen LogP contribution in [0.2, 0.25) is 0 Å². The number of carbonyl (C=O) groups is 2. The normalized spacial score (nSPS) is 12.8. The Bertz CT molecular complexity index is 1620. The van der Waals surface area contributed by atoms with Gasteiger partial charge in [-0.2, -0.15) is 0 Å². The van der Waals surface area contributed by atoms with E-state index in [4.69, 9.17) is 16.3 Å². The molecule has 1 heterocycles. The van der Waals surface area contributed by atoms with Gasteiger partial charge in [-0.15, -0.1) is 0 Å². The highest BCUT2D eigenvalue weighted by Gasteiger charge is 2.23. The fourth-order valence-corrected chi connectivity index (χ4v) is 4.66. The van der Waals surface area contributed by atoms with Gasteiger partial charge < -0.3 is 16.8 Å². The lowest BCUT2D eigenvalue weighted by Crippen LogP contribution is -2.34. The lowest BCUT2D eigenvalue weighted by molar-refractivity contribution is -0.187. The molecular formula is C29H32N6O5S. The number of carbonyl (C=O) groups excluding carboxylic acids is 2. The summed E-state index contributed by atoms with van der Waals surface area (Å²) in [6.07, 6.45) is 3.55. The van der Waals surface area contributed by atoms with E-state index in [0.29, 0.717) is 52.4 Å². The van der Waals surface area contributed by atoms with Gasteiger partial charge >= 0.3 is 0 Å². The third-order valence-electron chi connectivity index (χ3n) is 5.98. The maximum Gasteiger partial charge on any atom is 0.273 e. The van der Waals surface area contributed by atoms with E-state index in [9.17, 15) is 18.0 Å². The van der Waals surface area contributed by atoms with Gasteiger partial charge in [-0.05, 0) is 60.5 Å². The number of hydroxylamine groups is 2.